The third-order valence-electron chi connectivity index (χ3n) is 7.06. The van der Waals surface area contributed by atoms with Gasteiger partial charge in [-0.2, -0.15) is 0 Å². The molecule has 2 nitrogen and oxygen atoms in total. The first-order chi connectivity index (χ1) is 10.3. The first-order valence-corrected chi connectivity index (χ1v) is 8.99. The molecule has 0 amide bonds. The van der Waals surface area contributed by atoms with Crippen molar-refractivity contribution in [2.24, 2.45) is 22.7 Å². The Morgan fingerprint density at radius 2 is 1.95 bits per heavy atom. The van der Waals surface area contributed by atoms with E-state index < -0.39 is 5.60 Å². The van der Waals surface area contributed by atoms with E-state index in [1.807, 2.05) is 6.26 Å². The predicted molar refractivity (Wildman–Crippen MR) is 89.6 cm³/mol. The Balaban J connectivity index is 1.85. The molecule has 2 saturated carbocycles. The normalized spacial score (nSPS) is 41.1. The standard InChI is InChI=1S/C20H32O2/c1-18(2)10-5-11-19(3)16(18)8-12-20(4,21)17(19)7-6-15-9-13-22-14-15/h9,13-14,16-17,21H,5-8,10-12H2,1-4H3/t16?,17-,19+,20-/m0/s1. The van der Waals surface area contributed by atoms with E-state index in [0.29, 0.717) is 11.3 Å². The van der Waals surface area contributed by atoms with Gasteiger partial charge in [0, 0.05) is 0 Å². The average molecular weight is 304 g/mol. The van der Waals surface area contributed by atoms with E-state index in [1.165, 1.54) is 31.2 Å². The number of hydrogen-bond acceptors (Lipinski definition) is 2. The van der Waals surface area contributed by atoms with Gasteiger partial charge in [-0.25, -0.2) is 0 Å². The fourth-order valence-corrected chi connectivity index (χ4v) is 6.01. The van der Waals surface area contributed by atoms with Crippen LogP contribution < -0.4 is 0 Å². The first-order valence-electron chi connectivity index (χ1n) is 8.99. The van der Waals surface area contributed by atoms with Gasteiger partial charge in [0.2, 0.25) is 0 Å². The molecule has 2 aliphatic rings. The monoisotopic (exact) mass is 304 g/mol. The van der Waals surface area contributed by atoms with Gasteiger partial charge in [0.05, 0.1) is 18.1 Å². The van der Waals surface area contributed by atoms with Crippen LogP contribution in [0.5, 0.6) is 0 Å². The van der Waals surface area contributed by atoms with Crippen LogP contribution in [0.25, 0.3) is 0 Å². The second-order valence-electron chi connectivity index (χ2n) is 9.02. The van der Waals surface area contributed by atoms with Crippen molar-refractivity contribution in [1.82, 2.24) is 0 Å². The molecule has 124 valence electrons. The predicted octanol–water partition coefficient (Wildman–Crippen LogP) is 5.21. The van der Waals surface area contributed by atoms with Gasteiger partial charge in [0.1, 0.15) is 0 Å². The lowest BCUT2D eigenvalue weighted by atomic mass is 9.45. The molecule has 2 aliphatic carbocycles. The molecular weight excluding hydrogens is 272 g/mol. The van der Waals surface area contributed by atoms with E-state index in [-0.39, 0.29) is 5.41 Å². The van der Waals surface area contributed by atoms with Gasteiger partial charge in [0.15, 0.2) is 0 Å². The van der Waals surface area contributed by atoms with Gasteiger partial charge in [-0.15, -0.1) is 0 Å². The van der Waals surface area contributed by atoms with Gasteiger partial charge in [-0.3, -0.25) is 0 Å². The number of aryl methyl sites for hydroxylation is 1. The minimum Gasteiger partial charge on any atom is -0.472 e. The highest BCUT2D eigenvalue weighted by molar-refractivity contribution is 5.10. The fraction of sp³-hybridized carbons (Fsp3) is 0.800. The summed E-state index contributed by atoms with van der Waals surface area (Å²) >= 11 is 0. The summed E-state index contributed by atoms with van der Waals surface area (Å²) in [6.45, 7) is 9.44. The molecule has 22 heavy (non-hydrogen) atoms. The van der Waals surface area contributed by atoms with Crippen molar-refractivity contribution in [3.05, 3.63) is 24.2 Å². The maximum absolute atomic E-state index is 11.1. The average Bonchev–Trinajstić information content (AvgIpc) is 2.89. The van der Waals surface area contributed by atoms with E-state index in [4.69, 9.17) is 4.42 Å². The molecule has 0 aliphatic heterocycles. The van der Waals surface area contributed by atoms with Crippen molar-refractivity contribution in [2.75, 3.05) is 0 Å². The lowest BCUT2D eigenvalue weighted by Gasteiger charge is -2.61. The lowest BCUT2D eigenvalue weighted by Crippen LogP contribution is -2.57. The van der Waals surface area contributed by atoms with Crippen LogP contribution in [-0.2, 0) is 6.42 Å². The Bertz CT molecular complexity index is 500. The Hall–Kier alpha value is -0.760. The highest BCUT2D eigenvalue weighted by Gasteiger charge is 2.57. The topological polar surface area (TPSA) is 33.4 Å². The summed E-state index contributed by atoms with van der Waals surface area (Å²) in [5, 5.41) is 11.1. The molecule has 4 atom stereocenters. The highest BCUT2D eigenvalue weighted by Crippen LogP contribution is 2.62. The summed E-state index contributed by atoms with van der Waals surface area (Å²) in [7, 11) is 0. The SMILES string of the molecule is CC1(C)CCC[C@]2(C)C1CC[C@](C)(O)[C@H]2CCc1ccoc1. The Morgan fingerprint density at radius 3 is 2.64 bits per heavy atom. The summed E-state index contributed by atoms with van der Waals surface area (Å²) < 4.78 is 5.21. The van der Waals surface area contributed by atoms with Crippen LogP contribution in [0, 0.1) is 22.7 Å². The van der Waals surface area contributed by atoms with Crippen LogP contribution in [0.1, 0.15) is 71.8 Å². The zero-order valence-corrected chi connectivity index (χ0v) is 14.7. The van der Waals surface area contributed by atoms with E-state index in [2.05, 4.69) is 33.8 Å². The van der Waals surface area contributed by atoms with Gasteiger partial charge >= 0.3 is 0 Å². The molecule has 1 aromatic heterocycles. The van der Waals surface area contributed by atoms with E-state index >= 15 is 0 Å². The Morgan fingerprint density at radius 1 is 1.18 bits per heavy atom. The Kier molecular flexibility index (Phi) is 3.96. The van der Waals surface area contributed by atoms with E-state index in [9.17, 15) is 5.11 Å². The minimum atomic E-state index is -0.525. The van der Waals surface area contributed by atoms with Crippen LogP contribution in [0.15, 0.2) is 23.0 Å². The molecule has 0 spiro atoms. The summed E-state index contributed by atoms with van der Waals surface area (Å²) in [5.74, 6) is 1.12. The summed E-state index contributed by atoms with van der Waals surface area (Å²) in [6.07, 6.45) is 11.7. The van der Waals surface area contributed by atoms with Crippen LogP contribution in [0.4, 0.5) is 0 Å². The number of furan rings is 1. The maximum Gasteiger partial charge on any atom is 0.0934 e. The number of hydrogen-bond donors (Lipinski definition) is 1. The number of rotatable bonds is 3. The summed E-state index contributed by atoms with van der Waals surface area (Å²) in [5.41, 5.74) is 1.42. The molecule has 0 aromatic carbocycles. The quantitative estimate of drug-likeness (QED) is 0.832. The van der Waals surface area contributed by atoms with E-state index in [1.54, 1.807) is 6.26 Å². The van der Waals surface area contributed by atoms with Crippen LogP contribution in [0.3, 0.4) is 0 Å². The molecule has 0 radical (unpaired) electrons. The zero-order valence-electron chi connectivity index (χ0n) is 14.7. The van der Waals surface area contributed by atoms with Crippen molar-refractivity contribution >= 4 is 0 Å². The Labute approximate surface area is 135 Å². The van der Waals surface area contributed by atoms with Crippen LogP contribution >= 0.6 is 0 Å². The van der Waals surface area contributed by atoms with Crippen molar-refractivity contribution in [1.29, 1.82) is 0 Å². The number of fused-ring (bicyclic) bond motifs is 1. The van der Waals surface area contributed by atoms with Crippen molar-refractivity contribution < 1.29 is 9.52 Å². The summed E-state index contributed by atoms with van der Waals surface area (Å²) in [6, 6.07) is 2.06. The van der Waals surface area contributed by atoms with Crippen molar-refractivity contribution in [2.45, 2.75) is 78.2 Å². The second-order valence-corrected chi connectivity index (χ2v) is 9.02. The second kappa shape index (κ2) is 5.40. The lowest BCUT2D eigenvalue weighted by molar-refractivity contribution is -0.168. The molecule has 0 bridgehead atoms. The fourth-order valence-electron chi connectivity index (χ4n) is 6.01. The number of aliphatic hydroxyl groups is 1. The van der Waals surface area contributed by atoms with Gasteiger partial charge in [-0.05, 0) is 79.7 Å². The minimum absolute atomic E-state index is 0.271. The maximum atomic E-state index is 11.1. The zero-order chi connectivity index (χ0) is 16.0. The van der Waals surface area contributed by atoms with E-state index in [0.717, 1.165) is 25.2 Å². The van der Waals surface area contributed by atoms with Crippen molar-refractivity contribution in [3.63, 3.8) is 0 Å². The molecule has 2 fully saturated rings. The van der Waals surface area contributed by atoms with Crippen molar-refractivity contribution in [3.8, 4) is 0 Å². The summed E-state index contributed by atoms with van der Waals surface area (Å²) in [4.78, 5) is 0. The highest BCUT2D eigenvalue weighted by atomic mass is 16.3. The molecular formula is C20H32O2. The smallest absolute Gasteiger partial charge is 0.0934 e. The van der Waals surface area contributed by atoms with Crippen LogP contribution in [-0.4, -0.2) is 10.7 Å². The molecule has 2 heteroatoms. The molecule has 1 heterocycles. The third-order valence-corrected chi connectivity index (χ3v) is 7.06. The molecule has 0 saturated heterocycles. The molecule has 1 aromatic rings. The molecule has 3 rings (SSSR count). The molecule has 1 N–H and O–H groups in total. The third kappa shape index (κ3) is 2.64. The first kappa shape index (κ1) is 16.1. The largest absolute Gasteiger partial charge is 0.472 e. The van der Waals surface area contributed by atoms with Gasteiger partial charge < -0.3 is 9.52 Å². The van der Waals surface area contributed by atoms with Crippen LogP contribution in [0.2, 0.25) is 0 Å². The molecule has 1 unspecified atom stereocenters. The van der Waals surface area contributed by atoms with Gasteiger partial charge in [-0.1, -0.05) is 27.2 Å². The van der Waals surface area contributed by atoms with Gasteiger partial charge in [0.25, 0.3) is 0 Å².